The van der Waals surface area contributed by atoms with Crippen LogP contribution in [0.5, 0.6) is 0 Å². The number of amides is 3. The number of hydrogen-bond acceptors (Lipinski definition) is 3. The summed E-state index contributed by atoms with van der Waals surface area (Å²) in [6, 6.07) is 10.2. The van der Waals surface area contributed by atoms with Crippen molar-refractivity contribution in [3.63, 3.8) is 0 Å². The van der Waals surface area contributed by atoms with Crippen LogP contribution in [0.4, 0.5) is 15.8 Å². The maximum atomic E-state index is 13.5. The lowest BCUT2D eigenvalue weighted by Gasteiger charge is -2.15. The Bertz CT molecular complexity index is 849. The van der Waals surface area contributed by atoms with Gasteiger partial charge in [0.05, 0.1) is 5.56 Å². The number of anilines is 2. The van der Waals surface area contributed by atoms with Crippen molar-refractivity contribution in [3.8, 4) is 0 Å². The van der Waals surface area contributed by atoms with Crippen LogP contribution in [0.1, 0.15) is 33.6 Å². The SMILES string of the molecule is NC(=O)c1cc(NC(=O)c2ccc(N3CCCC3=O)cc2)ccc1F. The molecule has 1 aliphatic rings. The minimum absolute atomic E-state index is 0.0718. The fourth-order valence-electron chi connectivity index (χ4n) is 2.71. The van der Waals surface area contributed by atoms with Crippen molar-refractivity contribution in [2.24, 2.45) is 5.73 Å². The Morgan fingerprint density at radius 2 is 1.84 bits per heavy atom. The smallest absolute Gasteiger partial charge is 0.255 e. The van der Waals surface area contributed by atoms with E-state index in [4.69, 9.17) is 5.73 Å². The molecule has 3 N–H and O–H groups in total. The molecule has 0 spiro atoms. The van der Waals surface area contributed by atoms with Crippen LogP contribution in [0.2, 0.25) is 0 Å². The Hall–Kier alpha value is -3.22. The summed E-state index contributed by atoms with van der Waals surface area (Å²) >= 11 is 0. The van der Waals surface area contributed by atoms with Crippen molar-refractivity contribution in [2.75, 3.05) is 16.8 Å². The van der Waals surface area contributed by atoms with E-state index in [2.05, 4.69) is 5.32 Å². The van der Waals surface area contributed by atoms with Crippen LogP contribution in [0, 0.1) is 5.82 Å². The van der Waals surface area contributed by atoms with Gasteiger partial charge in [-0.2, -0.15) is 0 Å². The van der Waals surface area contributed by atoms with Gasteiger partial charge in [0, 0.05) is 29.9 Å². The quantitative estimate of drug-likeness (QED) is 0.894. The first-order valence-corrected chi connectivity index (χ1v) is 7.77. The number of carbonyl (C=O) groups is 3. The third-order valence-corrected chi connectivity index (χ3v) is 4.00. The van der Waals surface area contributed by atoms with Crippen LogP contribution in [0.25, 0.3) is 0 Å². The summed E-state index contributed by atoms with van der Waals surface area (Å²) in [6.07, 6.45) is 1.36. The van der Waals surface area contributed by atoms with Crippen molar-refractivity contribution < 1.29 is 18.8 Å². The first kappa shape index (κ1) is 16.6. The zero-order valence-corrected chi connectivity index (χ0v) is 13.3. The van der Waals surface area contributed by atoms with Crippen LogP contribution >= 0.6 is 0 Å². The molecule has 0 aliphatic carbocycles. The lowest BCUT2D eigenvalue weighted by Crippen LogP contribution is -2.23. The minimum atomic E-state index is -0.909. The van der Waals surface area contributed by atoms with Gasteiger partial charge in [-0.25, -0.2) is 4.39 Å². The molecule has 0 radical (unpaired) electrons. The average molecular weight is 341 g/mol. The van der Waals surface area contributed by atoms with Gasteiger partial charge in [0.2, 0.25) is 5.91 Å². The summed E-state index contributed by atoms with van der Waals surface area (Å²) in [7, 11) is 0. The van der Waals surface area contributed by atoms with E-state index in [1.807, 2.05) is 0 Å². The highest BCUT2D eigenvalue weighted by Gasteiger charge is 2.21. The van der Waals surface area contributed by atoms with Gasteiger partial charge in [0.15, 0.2) is 0 Å². The first-order chi connectivity index (χ1) is 12.0. The monoisotopic (exact) mass is 341 g/mol. The number of benzene rings is 2. The number of nitrogens with two attached hydrogens (primary N) is 1. The molecule has 6 nitrogen and oxygen atoms in total. The molecular formula is C18H16FN3O3. The number of hydrogen-bond donors (Lipinski definition) is 2. The molecule has 1 heterocycles. The van der Waals surface area contributed by atoms with E-state index < -0.39 is 17.6 Å². The summed E-state index contributed by atoms with van der Waals surface area (Å²) < 4.78 is 13.5. The van der Waals surface area contributed by atoms with Crippen LogP contribution in [0.3, 0.4) is 0 Å². The predicted octanol–water partition coefficient (Wildman–Crippen LogP) is 2.30. The first-order valence-electron chi connectivity index (χ1n) is 7.77. The predicted molar refractivity (Wildman–Crippen MR) is 90.9 cm³/mol. The van der Waals surface area contributed by atoms with Crippen LogP contribution in [-0.4, -0.2) is 24.3 Å². The number of nitrogens with zero attached hydrogens (tertiary/aromatic N) is 1. The number of nitrogens with one attached hydrogen (secondary N) is 1. The summed E-state index contributed by atoms with van der Waals surface area (Å²) in [6.45, 7) is 0.676. The van der Waals surface area contributed by atoms with Gasteiger partial charge in [-0.3, -0.25) is 14.4 Å². The van der Waals surface area contributed by atoms with Crippen LogP contribution in [-0.2, 0) is 4.79 Å². The third-order valence-electron chi connectivity index (χ3n) is 4.00. The Morgan fingerprint density at radius 3 is 2.44 bits per heavy atom. The van der Waals surface area contributed by atoms with E-state index in [1.165, 1.54) is 12.1 Å². The molecule has 0 bridgehead atoms. The zero-order valence-electron chi connectivity index (χ0n) is 13.3. The van der Waals surface area contributed by atoms with E-state index >= 15 is 0 Å². The van der Waals surface area contributed by atoms with Crippen molar-refractivity contribution in [1.29, 1.82) is 0 Å². The summed E-state index contributed by atoms with van der Waals surface area (Å²) in [5.74, 6) is -2.00. The normalized spacial score (nSPS) is 13.8. The van der Waals surface area contributed by atoms with Crippen molar-refractivity contribution in [1.82, 2.24) is 0 Å². The van der Waals surface area contributed by atoms with E-state index in [-0.39, 0.29) is 17.2 Å². The molecule has 2 aromatic carbocycles. The van der Waals surface area contributed by atoms with Gasteiger partial charge in [-0.15, -0.1) is 0 Å². The molecule has 128 valence electrons. The van der Waals surface area contributed by atoms with Crippen LogP contribution in [0.15, 0.2) is 42.5 Å². The molecule has 7 heteroatoms. The van der Waals surface area contributed by atoms with Gasteiger partial charge in [-0.1, -0.05) is 0 Å². The minimum Gasteiger partial charge on any atom is -0.366 e. The van der Waals surface area contributed by atoms with Crippen LogP contribution < -0.4 is 16.0 Å². The summed E-state index contributed by atoms with van der Waals surface area (Å²) in [5, 5.41) is 2.58. The highest BCUT2D eigenvalue weighted by Crippen LogP contribution is 2.22. The maximum absolute atomic E-state index is 13.5. The lowest BCUT2D eigenvalue weighted by atomic mass is 10.1. The molecule has 25 heavy (non-hydrogen) atoms. The molecule has 1 aliphatic heterocycles. The molecule has 2 aromatic rings. The van der Waals surface area contributed by atoms with Crippen molar-refractivity contribution in [2.45, 2.75) is 12.8 Å². The largest absolute Gasteiger partial charge is 0.366 e. The van der Waals surface area contributed by atoms with Gasteiger partial charge < -0.3 is 16.0 Å². The van der Waals surface area contributed by atoms with Gasteiger partial charge >= 0.3 is 0 Å². The van der Waals surface area contributed by atoms with Gasteiger partial charge in [-0.05, 0) is 48.9 Å². The van der Waals surface area contributed by atoms with Gasteiger partial charge in [0.1, 0.15) is 5.82 Å². The topological polar surface area (TPSA) is 92.5 Å². The Balaban J connectivity index is 1.74. The molecule has 0 unspecified atom stereocenters. The van der Waals surface area contributed by atoms with Gasteiger partial charge in [0.25, 0.3) is 11.8 Å². The Morgan fingerprint density at radius 1 is 1.12 bits per heavy atom. The molecule has 0 aromatic heterocycles. The third kappa shape index (κ3) is 3.50. The maximum Gasteiger partial charge on any atom is 0.255 e. The highest BCUT2D eigenvalue weighted by molar-refractivity contribution is 6.05. The molecule has 1 fully saturated rings. The van der Waals surface area contributed by atoms with E-state index in [0.717, 1.165) is 18.2 Å². The van der Waals surface area contributed by atoms with E-state index in [1.54, 1.807) is 29.2 Å². The van der Waals surface area contributed by atoms with E-state index in [0.29, 0.717) is 18.5 Å². The van der Waals surface area contributed by atoms with Crippen molar-refractivity contribution in [3.05, 3.63) is 59.4 Å². The molecule has 3 amide bonds. The fourth-order valence-corrected chi connectivity index (χ4v) is 2.71. The second-order valence-electron chi connectivity index (χ2n) is 5.71. The molecule has 0 saturated carbocycles. The number of halogens is 1. The second kappa shape index (κ2) is 6.72. The molecule has 1 saturated heterocycles. The molecular weight excluding hydrogens is 325 g/mol. The summed E-state index contributed by atoms with van der Waals surface area (Å²) in [5.41, 5.74) is 6.18. The van der Waals surface area contributed by atoms with E-state index in [9.17, 15) is 18.8 Å². The number of primary amides is 1. The standard InChI is InChI=1S/C18H16FN3O3/c19-15-8-5-12(10-14(15)17(20)24)21-18(25)11-3-6-13(7-4-11)22-9-1-2-16(22)23/h3-8,10H,1-2,9H2,(H2,20,24)(H,21,25). The number of carbonyl (C=O) groups excluding carboxylic acids is 3. The number of rotatable bonds is 4. The molecule has 3 rings (SSSR count). The summed E-state index contributed by atoms with van der Waals surface area (Å²) in [4.78, 5) is 36.8. The lowest BCUT2D eigenvalue weighted by molar-refractivity contribution is -0.117. The average Bonchev–Trinajstić information content (AvgIpc) is 3.02. The highest BCUT2D eigenvalue weighted by atomic mass is 19.1. The van der Waals surface area contributed by atoms with Crippen molar-refractivity contribution >= 4 is 29.1 Å². The Kier molecular flexibility index (Phi) is 4.47. The Labute approximate surface area is 143 Å². The second-order valence-corrected chi connectivity index (χ2v) is 5.71. The zero-order chi connectivity index (χ0) is 18.0. The molecule has 0 atom stereocenters. The fraction of sp³-hybridized carbons (Fsp3) is 0.167.